The number of methoxy groups -OCH3 is 1. The van der Waals surface area contributed by atoms with Crippen LogP contribution in [0.4, 0.5) is 4.39 Å². The highest BCUT2D eigenvalue weighted by molar-refractivity contribution is 5.29. The molecular weight excluding hydrogens is 275 g/mol. The van der Waals surface area contributed by atoms with Crippen molar-refractivity contribution in [3.63, 3.8) is 0 Å². The van der Waals surface area contributed by atoms with E-state index in [1.165, 1.54) is 12.1 Å². The first-order valence-electron chi connectivity index (χ1n) is 6.77. The maximum absolute atomic E-state index is 13.5. The van der Waals surface area contributed by atoms with Gasteiger partial charge in [0, 0.05) is 25.8 Å². The van der Waals surface area contributed by atoms with E-state index in [1.807, 2.05) is 13.0 Å². The normalized spacial score (nSPS) is 10.8. The molecule has 114 valence electrons. The fraction of sp³-hybridized carbons (Fsp3) is 0.400. The Morgan fingerprint density at radius 2 is 2.10 bits per heavy atom. The number of aromatic nitrogens is 1. The topological polar surface area (TPSA) is 56.5 Å². The van der Waals surface area contributed by atoms with Gasteiger partial charge in [0.15, 0.2) is 5.76 Å². The van der Waals surface area contributed by atoms with Gasteiger partial charge in [-0.1, -0.05) is 12.1 Å². The van der Waals surface area contributed by atoms with Gasteiger partial charge in [0.05, 0.1) is 0 Å². The standard InChI is InChI=1S/C15H19FN2O3/c1-3-17-8-11-4-12(16)6-14(5-11)20-9-13-7-15(10-19-2)21-18-13/h4-7,17H,3,8-10H2,1-2H3. The molecule has 0 aliphatic heterocycles. The Bertz CT molecular complexity index is 572. The smallest absolute Gasteiger partial charge is 0.162 e. The van der Waals surface area contributed by atoms with Crippen molar-refractivity contribution in [1.29, 1.82) is 0 Å². The zero-order valence-electron chi connectivity index (χ0n) is 12.2. The molecule has 0 amide bonds. The maximum Gasteiger partial charge on any atom is 0.162 e. The summed E-state index contributed by atoms with van der Waals surface area (Å²) < 4.78 is 29.1. The average Bonchev–Trinajstić information content (AvgIpc) is 2.91. The van der Waals surface area contributed by atoms with Crippen LogP contribution in [0.1, 0.15) is 23.9 Å². The van der Waals surface area contributed by atoms with Crippen LogP contribution in [0.3, 0.4) is 0 Å². The molecule has 0 aliphatic rings. The molecule has 0 saturated carbocycles. The molecule has 1 aromatic carbocycles. The number of hydrogen-bond donors (Lipinski definition) is 1. The average molecular weight is 294 g/mol. The van der Waals surface area contributed by atoms with Gasteiger partial charge in [-0.05, 0) is 24.2 Å². The second kappa shape index (κ2) is 7.75. The highest BCUT2D eigenvalue weighted by atomic mass is 19.1. The van der Waals surface area contributed by atoms with E-state index in [0.717, 1.165) is 12.1 Å². The van der Waals surface area contributed by atoms with E-state index in [4.69, 9.17) is 14.0 Å². The van der Waals surface area contributed by atoms with E-state index < -0.39 is 0 Å². The van der Waals surface area contributed by atoms with Crippen LogP contribution in [0.25, 0.3) is 0 Å². The molecule has 0 aliphatic carbocycles. The molecule has 6 heteroatoms. The monoisotopic (exact) mass is 294 g/mol. The van der Waals surface area contributed by atoms with E-state index in [2.05, 4.69) is 10.5 Å². The van der Waals surface area contributed by atoms with Crippen molar-refractivity contribution in [2.24, 2.45) is 0 Å². The van der Waals surface area contributed by atoms with Gasteiger partial charge in [0.1, 0.15) is 30.5 Å². The Hall–Kier alpha value is -1.92. The summed E-state index contributed by atoms with van der Waals surface area (Å²) >= 11 is 0. The molecule has 0 saturated heterocycles. The summed E-state index contributed by atoms with van der Waals surface area (Å²) in [5, 5.41) is 7.00. The van der Waals surface area contributed by atoms with E-state index in [1.54, 1.807) is 13.2 Å². The van der Waals surface area contributed by atoms with Crippen molar-refractivity contribution in [3.8, 4) is 5.75 Å². The Morgan fingerprint density at radius 3 is 2.86 bits per heavy atom. The summed E-state index contributed by atoms with van der Waals surface area (Å²) in [6.07, 6.45) is 0. The third kappa shape index (κ3) is 4.84. The summed E-state index contributed by atoms with van der Waals surface area (Å²) in [4.78, 5) is 0. The molecule has 2 rings (SSSR count). The number of hydrogen-bond acceptors (Lipinski definition) is 5. The van der Waals surface area contributed by atoms with Crippen LogP contribution in [0.5, 0.6) is 5.75 Å². The van der Waals surface area contributed by atoms with Gasteiger partial charge in [-0.15, -0.1) is 0 Å². The van der Waals surface area contributed by atoms with Crippen LogP contribution in [0.2, 0.25) is 0 Å². The summed E-state index contributed by atoms with van der Waals surface area (Å²) in [6.45, 7) is 4.01. The molecule has 0 unspecified atom stereocenters. The third-order valence-corrected chi connectivity index (χ3v) is 2.79. The van der Waals surface area contributed by atoms with Gasteiger partial charge < -0.3 is 19.3 Å². The van der Waals surface area contributed by atoms with E-state index >= 15 is 0 Å². The van der Waals surface area contributed by atoms with Crippen molar-refractivity contribution in [2.45, 2.75) is 26.7 Å². The lowest BCUT2D eigenvalue weighted by Crippen LogP contribution is -2.12. The zero-order valence-corrected chi connectivity index (χ0v) is 12.2. The molecule has 0 radical (unpaired) electrons. The largest absolute Gasteiger partial charge is 0.487 e. The molecule has 0 atom stereocenters. The van der Waals surface area contributed by atoms with Crippen LogP contribution < -0.4 is 10.1 Å². The molecule has 1 heterocycles. The Kier molecular flexibility index (Phi) is 5.71. The second-order valence-corrected chi connectivity index (χ2v) is 4.58. The predicted octanol–water partition coefficient (Wildman–Crippen LogP) is 2.65. The first kappa shape index (κ1) is 15.5. The highest BCUT2D eigenvalue weighted by Gasteiger charge is 2.06. The van der Waals surface area contributed by atoms with Gasteiger partial charge in [-0.25, -0.2) is 4.39 Å². The number of ether oxygens (including phenoxy) is 2. The van der Waals surface area contributed by atoms with Gasteiger partial charge in [0.25, 0.3) is 0 Å². The molecule has 0 spiro atoms. The van der Waals surface area contributed by atoms with Crippen LogP contribution in [0.15, 0.2) is 28.8 Å². The minimum Gasteiger partial charge on any atom is -0.487 e. The Morgan fingerprint density at radius 1 is 1.24 bits per heavy atom. The Balaban J connectivity index is 1.96. The second-order valence-electron chi connectivity index (χ2n) is 4.58. The number of nitrogens with one attached hydrogen (secondary N) is 1. The lowest BCUT2D eigenvalue weighted by Gasteiger charge is -2.07. The van der Waals surface area contributed by atoms with Crippen LogP contribution in [0, 0.1) is 5.82 Å². The highest BCUT2D eigenvalue weighted by Crippen LogP contribution is 2.18. The lowest BCUT2D eigenvalue weighted by atomic mass is 10.2. The molecular formula is C15H19FN2O3. The SMILES string of the molecule is CCNCc1cc(F)cc(OCc2cc(COC)on2)c1. The molecule has 2 aromatic rings. The van der Waals surface area contributed by atoms with Crippen molar-refractivity contribution < 1.29 is 18.4 Å². The summed E-state index contributed by atoms with van der Waals surface area (Å²) in [5.41, 5.74) is 1.48. The number of nitrogens with zero attached hydrogens (tertiary/aromatic N) is 1. The molecule has 5 nitrogen and oxygen atoms in total. The van der Waals surface area contributed by atoms with Crippen molar-refractivity contribution in [2.75, 3.05) is 13.7 Å². The van der Waals surface area contributed by atoms with Crippen LogP contribution in [-0.4, -0.2) is 18.8 Å². The van der Waals surface area contributed by atoms with Gasteiger partial charge in [0.2, 0.25) is 0 Å². The van der Waals surface area contributed by atoms with E-state index in [0.29, 0.717) is 30.4 Å². The van der Waals surface area contributed by atoms with Gasteiger partial charge >= 0.3 is 0 Å². The lowest BCUT2D eigenvalue weighted by molar-refractivity contribution is 0.155. The van der Waals surface area contributed by atoms with Crippen LogP contribution >= 0.6 is 0 Å². The molecule has 1 aromatic heterocycles. The first-order valence-corrected chi connectivity index (χ1v) is 6.77. The summed E-state index contributed by atoms with van der Waals surface area (Å²) in [5.74, 6) is 0.781. The zero-order chi connectivity index (χ0) is 15.1. The van der Waals surface area contributed by atoms with Crippen molar-refractivity contribution in [3.05, 3.63) is 47.1 Å². The number of rotatable bonds is 8. The third-order valence-electron chi connectivity index (χ3n) is 2.79. The fourth-order valence-electron chi connectivity index (χ4n) is 1.87. The van der Waals surface area contributed by atoms with Gasteiger partial charge in [-0.3, -0.25) is 0 Å². The maximum atomic E-state index is 13.5. The molecule has 0 bridgehead atoms. The van der Waals surface area contributed by atoms with E-state index in [9.17, 15) is 4.39 Å². The molecule has 21 heavy (non-hydrogen) atoms. The Labute approximate surface area is 123 Å². The van der Waals surface area contributed by atoms with E-state index in [-0.39, 0.29) is 12.4 Å². The summed E-state index contributed by atoms with van der Waals surface area (Å²) in [7, 11) is 1.58. The van der Waals surface area contributed by atoms with Gasteiger partial charge in [-0.2, -0.15) is 0 Å². The minimum absolute atomic E-state index is 0.220. The minimum atomic E-state index is -0.319. The van der Waals surface area contributed by atoms with Crippen molar-refractivity contribution >= 4 is 0 Å². The first-order chi connectivity index (χ1) is 10.2. The number of benzene rings is 1. The predicted molar refractivity (Wildman–Crippen MR) is 75.3 cm³/mol. The summed E-state index contributed by atoms with van der Waals surface area (Å²) in [6, 6.07) is 6.40. The van der Waals surface area contributed by atoms with Crippen LogP contribution in [-0.2, 0) is 24.5 Å². The quantitative estimate of drug-likeness (QED) is 0.811. The fourth-order valence-corrected chi connectivity index (χ4v) is 1.87. The van der Waals surface area contributed by atoms with Crippen molar-refractivity contribution in [1.82, 2.24) is 10.5 Å². The molecule has 0 fully saturated rings. The number of halogens is 1. The molecule has 1 N–H and O–H groups in total.